The third-order valence-corrected chi connectivity index (χ3v) is 7.12. The summed E-state index contributed by atoms with van der Waals surface area (Å²) < 4.78 is 18.9. The molecule has 0 N–H and O–H groups in total. The predicted octanol–water partition coefficient (Wildman–Crippen LogP) is 6.59. The Morgan fingerprint density at radius 1 is 0.625 bits per heavy atom. The van der Waals surface area contributed by atoms with Gasteiger partial charge in [0.1, 0.15) is 0 Å². The van der Waals surface area contributed by atoms with Gasteiger partial charge in [0.05, 0.1) is 0 Å². The zero-order valence-electron chi connectivity index (χ0n) is 17.2. The van der Waals surface area contributed by atoms with Gasteiger partial charge in [-0.25, -0.2) is 0 Å². The standard InChI is InChI=1S/C20H44O3Si/c1-6-9-16-21-24(22-17-10-7-2,23-18-11-8-3)19-14-12-13-15-20(4)5/h20H,6-19H2,1-5H3. The van der Waals surface area contributed by atoms with Gasteiger partial charge in [0, 0.05) is 25.9 Å². The molecule has 0 aliphatic rings. The fourth-order valence-electron chi connectivity index (χ4n) is 2.53. The van der Waals surface area contributed by atoms with E-state index in [1.807, 2.05) is 0 Å². The molecule has 0 bridgehead atoms. The Labute approximate surface area is 153 Å². The Morgan fingerprint density at radius 2 is 1.08 bits per heavy atom. The Hall–Kier alpha value is 0.0969. The van der Waals surface area contributed by atoms with E-state index in [0.717, 1.165) is 70.3 Å². The van der Waals surface area contributed by atoms with Gasteiger partial charge in [0.15, 0.2) is 0 Å². The van der Waals surface area contributed by atoms with Crippen molar-refractivity contribution in [2.75, 3.05) is 19.8 Å². The van der Waals surface area contributed by atoms with Crippen molar-refractivity contribution in [3.05, 3.63) is 0 Å². The van der Waals surface area contributed by atoms with Crippen molar-refractivity contribution in [1.82, 2.24) is 0 Å². The minimum atomic E-state index is -2.48. The summed E-state index contributed by atoms with van der Waals surface area (Å²) in [7, 11) is -2.48. The Kier molecular flexibility index (Phi) is 16.6. The fraction of sp³-hybridized carbons (Fsp3) is 1.00. The van der Waals surface area contributed by atoms with Gasteiger partial charge >= 0.3 is 8.80 Å². The Morgan fingerprint density at radius 3 is 1.46 bits per heavy atom. The summed E-state index contributed by atoms with van der Waals surface area (Å²) in [5.41, 5.74) is 0. The number of hydrogen-bond donors (Lipinski definition) is 0. The molecule has 4 heteroatoms. The van der Waals surface area contributed by atoms with Crippen LogP contribution in [0.25, 0.3) is 0 Å². The summed E-state index contributed by atoms with van der Waals surface area (Å²) in [5, 5.41) is 0. The maximum absolute atomic E-state index is 6.29. The molecule has 3 nitrogen and oxygen atoms in total. The van der Waals surface area contributed by atoms with E-state index in [4.69, 9.17) is 13.3 Å². The molecule has 0 aromatic heterocycles. The molecular weight excluding hydrogens is 316 g/mol. The second-order valence-electron chi connectivity index (χ2n) is 7.28. The van der Waals surface area contributed by atoms with Crippen molar-refractivity contribution in [3.8, 4) is 0 Å². The third-order valence-electron chi connectivity index (χ3n) is 4.22. The van der Waals surface area contributed by atoms with Crippen LogP contribution in [0, 0.1) is 5.92 Å². The van der Waals surface area contributed by atoms with Crippen LogP contribution in [0.3, 0.4) is 0 Å². The van der Waals surface area contributed by atoms with Gasteiger partial charge in [-0.1, -0.05) is 73.1 Å². The second-order valence-corrected chi connectivity index (χ2v) is 10.0. The van der Waals surface area contributed by atoms with Crippen molar-refractivity contribution in [2.45, 2.75) is 105 Å². The molecule has 0 saturated heterocycles. The van der Waals surface area contributed by atoms with Crippen molar-refractivity contribution in [1.29, 1.82) is 0 Å². The van der Waals surface area contributed by atoms with Crippen molar-refractivity contribution in [3.63, 3.8) is 0 Å². The minimum absolute atomic E-state index is 0.785. The lowest BCUT2D eigenvalue weighted by atomic mass is 10.1. The van der Waals surface area contributed by atoms with Gasteiger partial charge < -0.3 is 13.3 Å². The van der Waals surface area contributed by atoms with E-state index in [1.165, 1.54) is 25.7 Å². The van der Waals surface area contributed by atoms with Crippen LogP contribution in [0.5, 0.6) is 0 Å². The summed E-state index contributed by atoms with van der Waals surface area (Å²) in [6.45, 7) is 13.6. The first-order chi connectivity index (χ1) is 11.6. The highest BCUT2D eigenvalue weighted by atomic mass is 28.4. The third kappa shape index (κ3) is 13.4. The molecule has 0 saturated carbocycles. The van der Waals surface area contributed by atoms with Crippen LogP contribution in [-0.4, -0.2) is 28.6 Å². The van der Waals surface area contributed by atoms with E-state index < -0.39 is 8.80 Å². The average molecular weight is 361 g/mol. The predicted molar refractivity (Wildman–Crippen MR) is 106 cm³/mol. The SMILES string of the molecule is CCCCO[Si](CCCCCC(C)C)(OCCCC)OCCCC. The first kappa shape index (κ1) is 24.1. The minimum Gasteiger partial charge on any atom is -0.373 e. The van der Waals surface area contributed by atoms with Gasteiger partial charge in [0.25, 0.3) is 0 Å². The highest BCUT2D eigenvalue weighted by Crippen LogP contribution is 2.22. The summed E-state index contributed by atoms with van der Waals surface area (Å²) in [5.74, 6) is 0.800. The van der Waals surface area contributed by atoms with Gasteiger partial charge in [-0.2, -0.15) is 0 Å². The molecule has 0 aromatic carbocycles. The van der Waals surface area contributed by atoms with E-state index >= 15 is 0 Å². The summed E-state index contributed by atoms with van der Waals surface area (Å²) in [4.78, 5) is 0. The molecule has 24 heavy (non-hydrogen) atoms. The molecule has 0 atom stereocenters. The lowest BCUT2D eigenvalue weighted by Gasteiger charge is -2.30. The average Bonchev–Trinajstić information content (AvgIpc) is 2.55. The highest BCUT2D eigenvalue weighted by molar-refractivity contribution is 6.60. The molecule has 0 fully saturated rings. The summed E-state index contributed by atoms with van der Waals surface area (Å²) in [6, 6.07) is 0.988. The highest BCUT2D eigenvalue weighted by Gasteiger charge is 2.40. The van der Waals surface area contributed by atoms with E-state index in [0.29, 0.717) is 0 Å². The molecule has 0 spiro atoms. The van der Waals surface area contributed by atoms with Crippen molar-refractivity contribution in [2.24, 2.45) is 5.92 Å². The van der Waals surface area contributed by atoms with E-state index in [1.54, 1.807) is 0 Å². The maximum Gasteiger partial charge on any atom is 0.500 e. The van der Waals surface area contributed by atoms with Crippen LogP contribution in [0.15, 0.2) is 0 Å². The Bertz CT molecular complexity index is 233. The van der Waals surface area contributed by atoms with Crippen LogP contribution in [-0.2, 0) is 13.3 Å². The molecule has 0 radical (unpaired) electrons. The van der Waals surface area contributed by atoms with Crippen LogP contribution < -0.4 is 0 Å². The zero-order chi connectivity index (χ0) is 18.1. The van der Waals surface area contributed by atoms with Gasteiger partial charge in [-0.15, -0.1) is 0 Å². The summed E-state index contributed by atoms with van der Waals surface area (Å²) >= 11 is 0. The van der Waals surface area contributed by atoms with Gasteiger partial charge in [-0.3, -0.25) is 0 Å². The first-order valence-corrected chi connectivity index (χ1v) is 12.4. The van der Waals surface area contributed by atoms with E-state index in [-0.39, 0.29) is 0 Å². The molecule has 0 amide bonds. The molecule has 0 rings (SSSR count). The van der Waals surface area contributed by atoms with Gasteiger partial charge in [-0.05, 0) is 31.6 Å². The molecular formula is C20H44O3Si. The molecule has 0 aromatic rings. The number of hydrogen-bond acceptors (Lipinski definition) is 3. The van der Waals surface area contributed by atoms with Gasteiger partial charge in [0.2, 0.25) is 0 Å². The molecule has 146 valence electrons. The molecule has 0 heterocycles. The monoisotopic (exact) mass is 360 g/mol. The number of rotatable bonds is 18. The quantitative estimate of drug-likeness (QED) is 0.204. The maximum atomic E-state index is 6.29. The van der Waals surface area contributed by atoms with Crippen molar-refractivity contribution < 1.29 is 13.3 Å². The van der Waals surface area contributed by atoms with Crippen LogP contribution in [0.2, 0.25) is 6.04 Å². The van der Waals surface area contributed by atoms with Crippen LogP contribution in [0.1, 0.15) is 98.8 Å². The lowest BCUT2D eigenvalue weighted by molar-refractivity contribution is 0.0556. The number of unbranched alkanes of at least 4 members (excludes halogenated alkanes) is 5. The normalized spacial score (nSPS) is 12.2. The van der Waals surface area contributed by atoms with E-state index in [9.17, 15) is 0 Å². The van der Waals surface area contributed by atoms with Crippen LogP contribution in [0.4, 0.5) is 0 Å². The smallest absolute Gasteiger partial charge is 0.373 e. The second kappa shape index (κ2) is 16.6. The fourth-order valence-corrected chi connectivity index (χ4v) is 5.26. The van der Waals surface area contributed by atoms with E-state index in [2.05, 4.69) is 34.6 Å². The summed E-state index contributed by atoms with van der Waals surface area (Å²) in [6.07, 6.45) is 11.8. The topological polar surface area (TPSA) is 27.7 Å². The lowest BCUT2D eigenvalue weighted by Crippen LogP contribution is -2.46. The largest absolute Gasteiger partial charge is 0.500 e. The molecule has 0 aliphatic carbocycles. The van der Waals surface area contributed by atoms with Crippen molar-refractivity contribution >= 4 is 8.80 Å². The van der Waals surface area contributed by atoms with Crippen LogP contribution >= 0.6 is 0 Å². The molecule has 0 aliphatic heterocycles. The Balaban J connectivity index is 4.53. The first-order valence-electron chi connectivity index (χ1n) is 10.5. The zero-order valence-corrected chi connectivity index (χ0v) is 18.2. The molecule has 0 unspecified atom stereocenters.